The van der Waals surface area contributed by atoms with E-state index in [1.807, 2.05) is 0 Å². The number of anilines is 1. The van der Waals surface area contributed by atoms with Crippen molar-refractivity contribution in [2.24, 2.45) is 0 Å². The molecule has 3 aromatic rings. The van der Waals surface area contributed by atoms with Gasteiger partial charge in [0.2, 0.25) is 0 Å². The summed E-state index contributed by atoms with van der Waals surface area (Å²) in [6.07, 6.45) is 0. The molecule has 0 saturated carbocycles. The number of Topliss-reactive ketones (excluding diaryl/α,β-unsaturated/α-hetero) is 1. The third-order valence-electron chi connectivity index (χ3n) is 5.19. The molecule has 1 atom stereocenters. The van der Waals surface area contributed by atoms with Crippen molar-refractivity contribution in [1.29, 1.82) is 0 Å². The Bertz CT molecular complexity index is 1300. The Hall–Kier alpha value is -3.06. The molecule has 3 aromatic carbocycles. The maximum Gasteiger partial charge on any atom is 0.300 e. The van der Waals surface area contributed by atoms with E-state index in [-0.39, 0.29) is 43.2 Å². The van der Waals surface area contributed by atoms with E-state index < -0.39 is 29.3 Å². The number of hydrogen-bond donors (Lipinski definition) is 1. The lowest BCUT2D eigenvalue weighted by Crippen LogP contribution is -2.29. The van der Waals surface area contributed by atoms with Gasteiger partial charge in [0.1, 0.15) is 17.3 Å². The van der Waals surface area contributed by atoms with Crippen LogP contribution in [0.25, 0.3) is 5.76 Å². The first-order valence-electron chi connectivity index (χ1n) is 9.58. The molecule has 0 aliphatic carbocycles. The minimum Gasteiger partial charge on any atom is -0.507 e. The Morgan fingerprint density at radius 2 is 1.67 bits per heavy atom. The highest BCUT2D eigenvalue weighted by Gasteiger charge is 2.48. The normalized spacial score (nSPS) is 17.5. The van der Waals surface area contributed by atoms with Crippen LogP contribution in [0.1, 0.15) is 17.2 Å². The minimum atomic E-state index is -1.28. The van der Waals surface area contributed by atoms with E-state index in [0.29, 0.717) is 0 Å². The number of ether oxygens (including phenoxy) is 1. The molecule has 0 aromatic heterocycles. The van der Waals surface area contributed by atoms with Gasteiger partial charge in [-0.25, -0.2) is 4.39 Å². The molecule has 1 unspecified atom stereocenters. The summed E-state index contributed by atoms with van der Waals surface area (Å²) >= 11 is 18.3. The van der Waals surface area contributed by atoms with Gasteiger partial charge in [0.15, 0.2) is 0 Å². The fourth-order valence-electron chi connectivity index (χ4n) is 3.73. The molecule has 1 fully saturated rings. The van der Waals surface area contributed by atoms with E-state index >= 15 is 0 Å². The summed E-state index contributed by atoms with van der Waals surface area (Å²) in [6, 6.07) is 13.1. The second kappa shape index (κ2) is 9.06. The van der Waals surface area contributed by atoms with E-state index in [0.717, 1.165) is 4.90 Å². The lowest BCUT2D eigenvalue weighted by molar-refractivity contribution is -0.132. The molecule has 1 amide bonds. The topological polar surface area (TPSA) is 66.8 Å². The largest absolute Gasteiger partial charge is 0.507 e. The van der Waals surface area contributed by atoms with E-state index in [2.05, 4.69) is 0 Å². The van der Waals surface area contributed by atoms with E-state index in [1.165, 1.54) is 61.7 Å². The van der Waals surface area contributed by atoms with Crippen LogP contribution in [0.2, 0.25) is 15.1 Å². The zero-order valence-corrected chi connectivity index (χ0v) is 19.2. The number of ketones is 1. The number of nitrogens with zero attached hydrogens (tertiary/aromatic N) is 1. The smallest absolute Gasteiger partial charge is 0.300 e. The summed E-state index contributed by atoms with van der Waals surface area (Å²) < 4.78 is 20.1. The molecule has 33 heavy (non-hydrogen) atoms. The Kier molecular flexibility index (Phi) is 6.34. The molecule has 0 spiro atoms. The molecular weight excluding hydrogens is 492 g/mol. The van der Waals surface area contributed by atoms with E-state index in [9.17, 15) is 19.1 Å². The number of amides is 1. The fraction of sp³-hybridized carbons (Fsp3) is 0.0833. The summed E-state index contributed by atoms with van der Waals surface area (Å²) in [5, 5.41) is 11.8. The zero-order chi connectivity index (χ0) is 23.9. The fourth-order valence-corrected chi connectivity index (χ4v) is 4.44. The van der Waals surface area contributed by atoms with Crippen LogP contribution in [-0.2, 0) is 9.59 Å². The van der Waals surface area contributed by atoms with Crippen molar-refractivity contribution in [1.82, 2.24) is 0 Å². The molecule has 9 heteroatoms. The van der Waals surface area contributed by atoms with Crippen LogP contribution >= 0.6 is 34.8 Å². The Morgan fingerprint density at radius 3 is 2.30 bits per heavy atom. The second-order valence-electron chi connectivity index (χ2n) is 7.17. The molecule has 1 saturated heterocycles. The van der Waals surface area contributed by atoms with Crippen LogP contribution < -0.4 is 9.64 Å². The quantitative estimate of drug-likeness (QED) is 0.252. The van der Waals surface area contributed by atoms with Gasteiger partial charge in [-0.3, -0.25) is 14.5 Å². The van der Waals surface area contributed by atoms with Crippen LogP contribution in [0, 0.1) is 5.82 Å². The highest BCUT2D eigenvalue weighted by Crippen LogP contribution is 2.44. The average molecular weight is 507 g/mol. The Morgan fingerprint density at radius 1 is 1.00 bits per heavy atom. The van der Waals surface area contributed by atoms with Crippen LogP contribution in [0.5, 0.6) is 5.75 Å². The number of carbonyl (C=O) groups is 2. The molecule has 4 rings (SSSR count). The van der Waals surface area contributed by atoms with Gasteiger partial charge < -0.3 is 9.84 Å². The van der Waals surface area contributed by atoms with Crippen molar-refractivity contribution in [3.05, 3.63) is 98.2 Å². The lowest BCUT2D eigenvalue weighted by atomic mass is 9.94. The summed E-state index contributed by atoms with van der Waals surface area (Å²) in [4.78, 5) is 27.3. The van der Waals surface area contributed by atoms with Gasteiger partial charge in [-0.05, 0) is 42.5 Å². The van der Waals surface area contributed by atoms with Gasteiger partial charge in [0.25, 0.3) is 11.7 Å². The molecule has 1 aliphatic heterocycles. The molecule has 1 N–H and O–H groups in total. The minimum absolute atomic E-state index is 0.00952. The predicted octanol–water partition coefficient (Wildman–Crippen LogP) is 6.42. The number of benzene rings is 3. The molecule has 1 heterocycles. The maximum absolute atomic E-state index is 14.9. The standard InChI is InChI=1S/C24H15Cl3FNO4/c1-33-19-8-12(6-7-17(19)27)22(30)20-21(16-4-2-3-5-18(16)28)29(24(32)23(20)31)15-10-13(25)9-14(26)11-15/h2-11,21,30H,1H3/b22-20+. The predicted molar refractivity (Wildman–Crippen MR) is 126 cm³/mol. The SMILES string of the molecule is COc1cc(/C(O)=C2\C(=O)C(=O)N(c3cc(Cl)cc(Cl)c3)C2c2ccccc2F)ccc1Cl. The van der Waals surface area contributed by atoms with Crippen LogP contribution in [0.15, 0.2) is 66.2 Å². The van der Waals surface area contributed by atoms with Gasteiger partial charge in [-0.2, -0.15) is 0 Å². The number of aliphatic hydroxyl groups is 1. The van der Waals surface area contributed by atoms with E-state index in [4.69, 9.17) is 39.5 Å². The zero-order valence-electron chi connectivity index (χ0n) is 17.0. The van der Waals surface area contributed by atoms with Gasteiger partial charge in [-0.1, -0.05) is 53.0 Å². The highest BCUT2D eigenvalue weighted by atomic mass is 35.5. The van der Waals surface area contributed by atoms with Crippen LogP contribution in [0.3, 0.4) is 0 Å². The summed E-state index contributed by atoms with van der Waals surface area (Å²) in [7, 11) is 1.40. The Balaban J connectivity index is 1.99. The monoisotopic (exact) mass is 505 g/mol. The molecule has 5 nitrogen and oxygen atoms in total. The van der Waals surface area contributed by atoms with Crippen molar-refractivity contribution in [2.45, 2.75) is 6.04 Å². The number of halogens is 4. The van der Waals surface area contributed by atoms with E-state index in [1.54, 1.807) is 6.07 Å². The second-order valence-corrected chi connectivity index (χ2v) is 8.45. The third kappa shape index (κ3) is 4.17. The van der Waals surface area contributed by atoms with Gasteiger partial charge in [0.05, 0.1) is 23.7 Å². The maximum atomic E-state index is 14.9. The lowest BCUT2D eigenvalue weighted by Gasteiger charge is -2.26. The van der Waals surface area contributed by atoms with Gasteiger partial charge >= 0.3 is 0 Å². The van der Waals surface area contributed by atoms with Crippen LogP contribution in [-0.4, -0.2) is 23.9 Å². The third-order valence-corrected chi connectivity index (χ3v) is 5.94. The first-order valence-corrected chi connectivity index (χ1v) is 10.7. The van der Waals surface area contributed by atoms with Crippen molar-refractivity contribution < 1.29 is 23.8 Å². The first kappa shape index (κ1) is 23.1. The summed E-state index contributed by atoms with van der Waals surface area (Å²) in [5.41, 5.74) is 0.0520. The number of aliphatic hydroxyl groups excluding tert-OH is 1. The molecule has 1 aliphatic rings. The number of hydrogen-bond acceptors (Lipinski definition) is 4. The summed E-state index contributed by atoms with van der Waals surface area (Å²) in [5.74, 6) is -2.89. The van der Waals surface area contributed by atoms with Crippen molar-refractivity contribution in [3.8, 4) is 5.75 Å². The number of carbonyl (C=O) groups excluding carboxylic acids is 2. The van der Waals surface area contributed by atoms with Crippen molar-refractivity contribution >= 4 is 57.9 Å². The average Bonchev–Trinajstić information content (AvgIpc) is 3.03. The molecule has 0 bridgehead atoms. The van der Waals surface area contributed by atoms with Gasteiger partial charge in [-0.15, -0.1) is 0 Å². The molecular formula is C24H15Cl3FNO4. The molecule has 0 radical (unpaired) electrons. The number of rotatable bonds is 4. The first-order chi connectivity index (χ1) is 15.7. The van der Waals surface area contributed by atoms with Crippen LogP contribution in [0.4, 0.5) is 10.1 Å². The van der Waals surface area contributed by atoms with Gasteiger partial charge in [0, 0.05) is 26.9 Å². The Labute approximate surface area is 203 Å². The summed E-state index contributed by atoms with van der Waals surface area (Å²) in [6.45, 7) is 0. The number of methoxy groups -OCH3 is 1. The highest BCUT2D eigenvalue weighted by molar-refractivity contribution is 6.52. The van der Waals surface area contributed by atoms with Crippen molar-refractivity contribution in [2.75, 3.05) is 12.0 Å². The molecule has 168 valence electrons. The van der Waals surface area contributed by atoms with Crippen molar-refractivity contribution in [3.63, 3.8) is 0 Å².